The lowest BCUT2D eigenvalue weighted by Crippen LogP contribution is -2.07. The number of rotatable bonds is 1. The Kier molecular flexibility index (Phi) is 2.22. The zero-order chi connectivity index (χ0) is 10.8. The Morgan fingerprint density at radius 1 is 0.812 bits per heavy atom. The fraction of sp³-hybridized carbons (Fsp3) is 0.0667. The average Bonchev–Trinajstić information content (AvgIpc) is 2.39. The van der Waals surface area contributed by atoms with Crippen LogP contribution in [0.3, 0.4) is 0 Å². The summed E-state index contributed by atoms with van der Waals surface area (Å²) < 4.78 is 0. The highest BCUT2D eigenvalue weighted by atomic mass is 14.9. The predicted octanol–water partition coefficient (Wildman–Crippen LogP) is 3.76. The molecule has 16 heavy (non-hydrogen) atoms. The Bertz CT molecular complexity index is 514. The summed E-state index contributed by atoms with van der Waals surface area (Å²) in [5, 5.41) is 3.28. The number of hydrogen-bond acceptors (Lipinski definition) is 1. The minimum Gasteiger partial charge on any atom is -0.362 e. The molecule has 0 saturated carbocycles. The molecule has 0 spiro atoms. The van der Waals surface area contributed by atoms with Crippen LogP contribution in [0.1, 0.15) is 17.0 Å². The predicted molar refractivity (Wildman–Crippen MR) is 67.5 cm³/mol. The van der Waals surface area contributed by atoms with E-state index < -0.39 is 0 Å². The molecule has 1 nitrogen and oxygen atoms in total. The van der Waals surface area contributed by atoms with Crippen LogP contribution in [0.5, 0.6) is 0 Å². The van der Waals surface area contributed by atoms with Gasteiger partial charge in [0.15, 0.2) is 0 Å². The van der Waals surface area contributed by atoms with Crippen molar-refractivity contribution in [1.29, 1.82) is 0 Å². The first-order valence-corrected chi connectivity index (χ1v) is 5.52. The average molecular weight is 207 g/mol. The van der Waals surface area contributed by atoms with Gasteiger partial charge in [-0.05, 0) is 23.4 Å². The minimum absolute atomic E-state index is 0.374. The second-order valence-corrected chi connectivity index (χ2v) is 3.98. The van der Waals surface area contributed by atoms with Gasteiger partial charge >= 0.3 is 0 Å². The van der Waals surface area contributed by atoms with E-state index >= 15 is 0 Å². The molecule has 1 N–H and O–H groups in total. The van der Waals surface area contributed by atoms with Crippen LogP contribution < -0.4 is 5.32 Å². The van der Waals surface area contributed by atoms with Gasteiger partial charge < -0.3 is 5.32 Å². The van der Waals surface area contributed by atoms with Gasteiger partial charge in [-0.25, -0.2) is 0 Å². The Balaban J connectivity index is 2.09. The van der Waals surface area contributed by atoms with Crippen molar-refractivity contribution in [1.82, 2.24) is 0 Å². The van der Waals surface area contributed by atoms with Gasteiger partial charge in [0.1, 0.15) is 0 Å². The summed E-state index contributed by atoms with van der Waals surface area (Å²) in [5.41, 5.74) is 3.89. The molecule has 0 fully saturated rings. The van der Waals surface area contributed by atoms with E-state index in [4.69, 9.17) is 0 Å². The maximum Gasteiger partial charge on any atom is 0.0421 e. The van der Waals surface area contributed by atoms with E-state index in [0.29, 0.717) is 5.92 Å². The molecular weight excluding hydrogens is 194 g/mol. The van der Waals surface area contributed by atoms with E-state index in [1.54, 1.807) is 0 Å². The summed E-state index contributed by atoms with van der Waals surface area (Å²) in [5.74, 6) is 0.374. The summed E-state index contributed by atoms with van der Waals surface area (Å²) in [6.45, 7) is 0. The van der Waals surface area contributed by atoms with Crippen LogP contribution >= 0.6 is 0 Å². The van der Waals surface area contributed by atoms with E-state index in [2.05, 4.69) is 66.0 Å². The Labute approximate surface area is 95.4 Å². The van der Waals surface area contributed by atoms with Gasteiger partial charge in [-0.2, -0.15) is 0 Å². The quantitative estimate of drug-likeness (QED) is 0.750. The van der Waals surface area contributed by atoms with Crippen LogP contribution in [-0.2, 0) is 0 Å². The van der Waals surface area contributed by atoms with E-state index in [1.165, 1.54) is 16.8 Å². The third-order valence-electron chi connectivity index (χ3n) is 2.98. The molecule has 1 aliphatic rings. The molecule has 1 aliphatic heterocycles. The highest BCUT2D eigenvalue weighted by Crippen LogP contribution is 2.33. The molecule has 0 bridgehead atoms. The highest BCUT2D eigenvalue weighted by Gasteiger charge is 2.16. The van der Waals surface area contributed by atoms with Crippen LogP contribution in [0.4, 0.5) is 5.69 Å². The number of para-hydroxylation sites is 1. The van der Waals surface area contributed by atoms with Crippen LogP contribution in [0.2, 0.25) is 0 Å². The molecule has 0 amide bonds. The fourth-order valence-electron chi connectivity index (χ4n) is 2.19. The third kappa shape index (κ3) is 1.50. The van der Waals surface area contributed by atoms with Crippen LogP contribution in [-0.4, -0.2) is 0 Å². The highest BCUT2D eigenvalue weighted by molar-refractivity contribution is 5.60. The number of benzene rings is 2. The third-order valence-corrected chi connectivity index (χ3v) is 2.98. The monoisotopic (exact) mass is 207 g/mol. The van der Waals surface area contributed by atoms with E-state index in [1.807, 2.05) is 6.20 Å². The lowest BCUT2D eigenvalue weighted by molar-refractivity contribution is 1.01. The summed E-state index contributed by atoms with van der Waals surface area (Å²) in [6, 6.07) is 19.1. The molecule has 0 aliphatic carbocycles. The molecule has 3 rings (SSSR count). The lowest BCUT2D eigenvalue weighted by Gasteiger charge is -2.21. The van der Waals surface area contributed by atoms with Crippen LogP contribution in [0.15, 0.2) is 66.9 Å². The SMILES string of the molecule is C1=CC(c2ccccc2)c2ccccc2N1. The van der Waals surface area contributed by atoms with Gasteiger partial charge in [0.05, 0.1) is 0 Å². The van der Waals surface area contributed by atoms with E-state index in [9.17, 15) is 0 Å². The Morgan fingerprint density at radius 2 is 1.56 bits per heavy atom. The van der Waals surface area contributed by atoms with E-state index in [-0.39, 0.29) is 0 Å². The molecule has 0 aromatic heterocycles. The second kappa shape index (κ2) is 3.86. The molecule has 1 heteroatoms. The first-order chi connectivity index (χ1) is 7.95. The second-order valence-electron chi connectivity index (χ2n) is 3.98. The molecule has 0 saturated heterocycles. The standard InChI is InChI=1S/C15H13N/c1-2-6-12(7-3-1)13-10-11-16-15-9-5-4-8-14(13)15/h1-11,13,16H. The maximum atomic E-state index is 3.28. The van der Waals surface area contributed by atoms with Crippen molar-refractivity contribution >= 4 is 5.69 Å². The van der Waals surface area contributed by atoms with Crippen molar-refractivity contribution in [3.8, 4) is 0 Å². The number of hydrogen-bond donors (Lipinski definition) is 1. The minimum atomic E-state index is 0.374. The Morgan fingerprint density at radius 3 is 2.44 bits per heavy atom. The molecule has 1 unspecified atom stereocenters. The van der Waals surface area contributed by atoms with Gasteiger partial charge in [0.2, 0.25) is 0 Å². The largest absolute Gasteiger partial charge is 0.362 e. The summed E-state index contributed by atoms with van der Waals surface area (Å²) >= 11 is 0. The number of nitrogens with one attached hydrogen (secondary N) is 1. The van der Waals surface area contributed by atoms with Gasteiger partial charge in [0, 0.05) is 11.6 Å². The van der Waals surface area contributed by atoms with Crippen LogP contribution in [0, 0.1) is 0 Å². The maximum absolute atomic E-state index is 3.28. The normalized spacial score (nSPS) is 17.6. The lowest BCUT2D eigenvalue weighted by atomic mass is 9.88. The Hall–Kier alpha value is -2.02. The van der Waals surface area contributed by atoms with Crippen LogP contribution in [0.25, 0.3) is 0 Å². The first-order valence-electron chi connectivity index (χ1n) is 5.52. The van der Waals surface area contributed by atoms with Gasteiger partial charge in [-0.3, -0.25) is 0 Å². The van der Waals surface area contributed by atoms with Crippen molar-refractivity contribution in [2.24, 2.45) is 0 Å². The first kappa shape index (κ1) is 9.22. The fourth-order valence-corrected chi connectivity index (χ4v) is 2.19. The molecule has 78 valence electrons. The number of allylic oxidation sites excluding steroid dienone is 1. The van der Waals surface area contributed by atoms with Crippen molar-refractivity contribution in [2.45, 2.75) is 5.92 Å². The molecule has 0 radical (unpaired) electrons. The number of fused-ring (bicyclic) bond motifs is 1. The topological polar surface area (TPSA) is 12.0 Å². The van der Waals surface area contributed by atoms with Gasteiger partial charge in [-0.1, -0.05) is 54.6 Å². The van der Waals surface area contributed by atoms with Crippen molar-refractivity contribution in [3.63, 3.8) is 0 Å². The van der Waals surface area contributed by atoms with Gasteiger partial charge in [-0.15, -0.1) is 0 Å². The van der Waals surface area contributed by atoms with Crippen molar-refractivity contribution in [2.75, 3.05) is 5.32 Å². The molecule has 2 aromatic rings. The molecular formula is C15H13N. The molecule has 1 atom stereocenters. The molecule has 1 heterocycles. The zero-order valence-electron chi connectivity index (χ0n) is 8.93. The van der Waals surface area contributed by atoms with Crippen molar-refractivity contribution in [3.05, 3.63) is 78.0 Å². The number of anilines is 1. The zero-order valence-corrected chi connectivity index (χ0v) is 8.93. The van der Waals surface area contributed by atoms with Crippen molar-refractivity contribution < 1.29 is 0 Å². The molecule has 2 aromatic carbocycles. The summed E-state index contributed by atoms with van der Waals surface area (Å²) in [4.78, 5) is 0. The summed E-state index contributed by atoms with van der Waals surface area (Å²) in [6.07, 6.45) is 4.23. The van der Waals surface area contributed by atoms with E-state index in [0.717, 1.165) is 0 Å². The summed E-state index contributed by atoms with van der Waals surface area (Å²) in [7, 11) is 0. The smallest absolute Gasteiger partial charge is 0.0421 e. The van der Waals surface area contributed by atoms with Gasteiger partial charge in [0.25, 0.3) is 0 Å².